The Balaban J connectivity index is 1.48. The van der Waals surface area contributed by atoms with Crippen LogP contribution in [0.1, 0.15) is 28.8 Å². The fourth-order valence-electron chi connectivity index (χ4n) is 3.21. The quantitative estimate of drug-likeness (QED) is 0.721. The Bertz CT molecular complexity index is 705. The van der Waals surface area contributed by atoms with Crippen molar-refractivity contribution in [3.05, 3.63) is 56.2 Å². The van der Waals surface area contributed by atoms with Gasteiger partial charge in [-0.25, -0.2) is 0 Å². The van der Waals surface area contributed by atoms with Gasteiger partial charge in [0.15, 0.2) is 0 Å². The van der Waals surface area contributed by atoms with Crippen LogP contribution in [0, 0.1) is 0 Å². The minimum atomic E-state index is -0.000662. The van der Waals surface area contributed by atoms with E-state index >= 15 is 0 Å². The molecule has 0 bridgehead atoms. The first kappa shape index (κ1) is 18.7. The van der Waals surface area contributed by atoms with Crippen LogP contribution in [0.4, 0.5) is 0 Å². The molecule has 1 saturated heterocycles. The number of nitrogens with zero attached hydrogens (tertiary/aromatic N) is 2. The summed E-state index contributed by atoms with van der Waals surface area (Å²) >= 11 is 13.3. The summed E-state index contributed by atoms with van der Waals surface area (Å²) in [7, 11) is 0. The summed E-state index contributed by atoms with van der Waals surface area (Å²) in [5.41, 5.74) is 1.92. The molecule has 1 aliphatic heterocycles. The second kappa shape index (κ2) is 9.04. The first-order valence-corrected chi connectivity index (χ1v) is 10.2. The van der Waals surface area contributed by atoms with Crippen molar-refractivity contribution in [2.45, 2.75) is 19.3 Å². The highest BCUT2D eigenvalue weighted by molar-refractivity contribution is 7.20. The second-order valence-electron chi connectivity index (χ2n) is 6.31. The molecule has 2 aromatic rings. The third-order valence-electron chi connectivity index (χ3n) is 4.55. The lowest BCUT2D eigenvalue weighted by atomic mass is 10.1. The van der Waals surface area contributed by atoms with Gasteiger partial charge in [0, 0.05) is 19.6 Å². The van der Waals surface area contributed by atoms with Crippen LogP contribution in [0.2, 0.25) is 8.67 Å². The Morgan fingerprint density at radius 1 is 1.08 bits per heavy atom. The van der Waals surface area contributed by atoms with Crippen molar-refractivity contribution in [1.29, 1.82) is 0 Å². The van der Waals surface area contributed by atoms with Gasteiger partial charge in [-0.05, 0) is 44.0 Å². The van der Waals surface area contributed by atoms with Gasteiger partial charge < -0.3 is 9.80 Å². The SMILES string of the molecule is O=C(c1cc(Cl)sc1Cl)N1CCCN(CCCc2ccccc2)CC1. The number of halogens is 2. The predicted octanol–water partition coefficient (Wildman–Crippen LogP) is 4.84. The molecule has 1 aromatic heterocycles. The normalized spacial score (nSPS) is 16.0. The van der Waals surface area contributed by atoms with Gasteiger partial charge >= 0.3 is 0 Å². The lowest BCUT2D eigenvalue weighted by Crippen LogP contribution is -2.35. The molecule has 0 aliphatic carbocycles. The van der Waals surface area contributed by atoms with Crippen LogP contribution >= 0.6 is 34.5 Å². The van der Waals surface area contributed by atoms with E-state index in [1.54, 1.807) is 6.07 Å². The number of aryl methyl sites for hydroxylation is 1. The van der Waals surface area contributed by atoms with Gasteiger partial charge in [0.2, 0.25) is 0 Å². The fourth-order valence-corrected chi connectivity index (χ4v) is 4.65. The molecule has 1 aliphatic rings. The Labute approximate surface area is 163 Å². The molecule has 2 heterocycles. The molecular weight excluding hydrogens is 375 g/mol. The standard InChI is InChI=1S/C19H22Cl2N2OS/c20-17-14-16(18(21)25-17)19(24)23-11-5-10-22(12-13-23)9-4-8-15-6-2-1-3-7-15/h1-3,6-7,14H,4-5,8-13H2. The van der Waals surface area contributed by atoms with E-state index in [2.05, 4.69) is 35.2 Å². The molecule has 0 N–H and O–H groups in total. The van der Waals surface area contributed by atoms with E-state index in [1.165, 1.54) is 16.9 Å². The van der Waals surface area contributed by atoms with Crippen molar-refractivity contribution >= 4 is 40.4 Å². The fraction of sp³-hybridized carbons (Fsp3) is 0.421. The van der Waals surface area contributed by atoms with Crippen LogP contribution in [0.3, 0.4) is 0 Å². The zero-order valence-electron chi connectivity index (χ0n) is 14.1. The topological polar surface area (TPSA) is 23.6 Å². The summed E-state index contributed by atoms with van der Waals surface area (Å²) in [6.45, 7) is 4.54. The van der Waals surface area contributed by atoms with Crippen LogP contribution < -0.4 is 0 Å². The van der Waals surface area contributed by atoms with E-state index in [4.69, 9.17) is 23.2 Å². The van der Waals surface area contributed by atoms with E-state index in [0.29, 0.717) is 14.2 Å². The molecule has 1 fully saturated rings. The van der Waals surface area contributed by atoms with Gasteiger partial charge in [0.1, 0.15) is 4.34 Å². The van der Waals surface area contributed by atoms with E-state index in [1.807, 2.05) is 4.90 Å². The minimum absolute atomic E-state index is 0.000662. The van der Waals surface area contributed by atoms with Crippen molar-refractivity contribution in [2.75, 3.05) is 32.7 Å². The summed E-state index contributed by atoms with van der Waals surface area (Å²) in [6.07, 6.45) is 3.24. The molecule has 134 valence electrons. The first-order chi connectivity index (χ1) is 12.1. The number of rotatable bonds is 5. The molecule has 0 unspecified atom stereocenters. The molecule has 0 atom stereocenters. The van der Waals surface area contributed by atoms with Crippen LogP contribution in [-0.2, 0) is 6.42 Å². The number of hydrogen-bond donors (Lipinski definition) is 0. The summed E-state index contributed by atoms with van der Waals surface area (Å²) in [5, 5.41) is 0. The summed E-state index contributed by atoms with van der Waals surface area (Å²) < 4.78 is 1.05. The van der Waals surface area contributed by atoms with Crippen LogP contribution in [0.15, 0.2) is 36.4 Å². The number of carbonyl (C=O) groups is 1. The van der Waals surface area contributed by atoms with Crippen molar-refractivity contribution in [3.63, 3.8) is 0 Å². The zero-order valence-corrected chi connectivity index (χ0v) is 16.4. The summed E-state index contributed by atoms with van der Waals surface area (Å²) in [4.78, 5) is 17.0. The van der Waals surface area contributed by atoms with E-state index in [0.717, 1.165) is 52.0 Å². The Morgan fingerprint density at radius 3 is 2.60 bits per heavy atom. The maximum atomic E-state index is 12.7. The van der Waals surface area contributed by atoms with Crippen molar-refractivity contribution < 1.29 is 4.79 Å². The van der Waals surface area contributed by atoms with Gasteiger partial charge in [-0.15, -0.1) is 11.3 Å². The van der Waals surface area contributed by atoms with Crippen LogP contribution in [0.25, 0.3) is 0 Å². The molecule has 0 spiro atoms. The molecule has 25 heavy (non-hydrogen) atoms. The Morgan fingerprint density at radius 2 is 1.88 bits per heavy atom. The largest absolute Gasteiger partial charge is 0.337 e. The smallest absolute Gasteiger partial charge is 0.256 e. The average Bonchev–Trinajstić information content (AvgIpc) is 2.81. The number of carbonyl (C=O) groups excluding carboxylic acids is 1. The summed E-state index contributed by atoms with van der Waals surface area (Å²) in [6, 6.07) is 12.3. The number of benzene rings is 1. The van der Waals surface area contributed by atoms with Crippen molar-refractivity contribution in [2.24, 2.45) is 0 Å². The minimum Gasteiger partial charge on any atom is -0.337 e. The molecule has 3 nitrogen and oxygen atoms in total. The molecule has 3 rings (SSSR count). The van der Waals surface area contributed by atoms with E-state index in [-0.39, 0.29) is 5.91 Å². The highest BCUT2D eigenvalue weighted by Crippen LogP contribution is 2.32. The van der Waals surface area contributed by atoms with Gasteiger partial charge in [-0.2, -0.15) is 0 Å². The van der Waals surface area contributed by atoms with Crippen LogP contribution in [0.5, 0.6) is 0 Å². The first-order valence-electron chi connectivity index (χ1n) is 8.64. The Kier molecular flexibility index (Phi) is 6.77. The zero-order chi connectivity index (χ0) is 17.6. The van der Waals surface area contributed by atoms with Crippen LogP contribution in [-0.4, -0.2) is 48.4 Å². The summed E-state index contributed by atoms with van der Waals surface area (Å²) in [5.74, 6) is -0.000662. The maximum absolute atomic E-state index is 12.7. The molecule has 0 radical (unpaired) electrons. The van der Waals surface area contributed by atoms with Crippen molar-refractivity contribution in [3.8, 4) is 0 Å². The van der Waals surface area contributed by atoms with Gasteiger partial charge in [-0.1, -0.05) is 53.5 Å². The highest BCUT2D eigenvalue weighted by Gasteiger charge is 2.23. The highest BCUT2D eigenvalue weighted by atomic mass is 35.5. The van der Waals surface area contributed by atoms with E-state index in [9.17, 15) is 4.79 Å². The third-order valence-corrected chi connectivity index (χ3v) is 6.03. The monoisotopic (exact) mass is 396 g/mol. The number of hydrogen-bond acceptors (Lipinski definition) is 3. The third kappa shape index (κ3) is 5.20. The molecule has 1 aromatic carbocycles. The van der Waals surface area contributed by atoms with Crippen molar-refractivity contribution in [1.82, 2.24) is 9.80 Å². The van der Waals surface area contributed by atoms with E-state index < -0.39 is 0 Å². The lowest BCUT2D eigenvalue weighted by molar-refractivity contribution is 0.0762. The maximum Gasteiger partial charge on any atom is 0.256 e. The second-order valence-corrected chi connectivity index (χ2v) is 8.60. The van der Waals surface area contributed by atoms with Gasteiger partial charge in [-0.3, -0.25) is 4.79 Å². The molecule has 0 saturated carbocycles. The number of amides is 1. The average molecular weight is 397 g/mol. The number of thiophene rings is 1. The molecule has 6 heteroatoms. The van der Waals surface area contributed by atoms with Gasteiger partial charge in [0.05, 0.1) is 9.90 Å². The predicted molar refractivity (Wildman–Crippen MR) is 106 cm³/mol. The van der Waals surface area contributed by atoms with Gasteiger partial charge in [0.25, 0.3) is 5.91 Å². The Hall–Kier alpha value is -1.07. The molecular formula is C19H22Cl2N2OS. The lowest BCUT2D eigenvalue weighted by Gasteiger charge is -2.22. The molecule has 1 amide bonds.